The van der Waals surface area contributed by atoms with E-state index in [2.05, 4.69) is 21.2 Å². The summed E-state index contributed by atoms with van der Waals surface area (Å²) in [5.41, 5.74) is 1.89. The first-order chi connectivity index (χ1) is 11.6. The molecule has 2 amide bonds. The highest BCUT2D eigenvalue weighted by Crippen LogP contribution is 2.26. The lowest BCUT2D eigenvalue weighted by Crippen LogP contribution is -2.23. The van der Waals surface area contributed by atoms with E-state index in [-0.39, 0.29) is 12.0 Å². The number of nitrogens with one attached hydrogen (secondary N) is 1. The van der Waals surface area contributed by atoms with Crippen molar-refractivity contribution in [3.05, 3.63) is 52.5 Å². The van der Waals surface area contributed by atoms with Gasteiger partial charge in [-0.15, -0.1) is 0 Å². The van der Waals surface area contributed by atoms with Gasteiger partial charge in [0.05, 0.1) is 18.1 Å². The second-order valence-electron chi connectivity index (χ2n) is 5.12. The Bertz CT molecular complexity index is 777. The van der Waals surface area contributed by atoms with Gasteiger partial charge < -0.3 is 14.8 Å². The highest BCUT2D eigenvalue weighted by molar-refractivity contribution is 9.10. The molecular weight excluding hydrogens is 376 g/mol. The number of carbonyl (C=O) groups excluding carboxylic acids is 2. The number of hydrogen-bond donors (Lipinski definition) is 1. The van der Waals surface area contributed by atoms with Crippen molar-refractivity contribution in [3.63, 3.8) is 0 Å². The van der Waals surface area contributed by atoms with Gasteiger partial charge in [0.1, 0.15) is 12.4 Å². The van der Waals surface area contributed by atoms with Crippen molar-refractivity contribution in [2.24, 2.45) is 0 Å². The number of benzene rings is 2. The number of nitrogens with zero attached hydrogens (tertiary/aromatic N) is 1. The number of methoxy groups -OCH3 is 1. The summed E-state index contributed by atoms with van der Waals surface area (Å²) < 4.78 is 10.8. The molecule has 124 valence electrons. The van der Waals surface area contributed by atoms with Crippen LogP contribution in [-0.4, -0.2) is 32.3 Å². The van der Waals surface area contributed by atoms with E-state index in [1.165, 1.54) is 0 Å². The Morgan fingerprint density at radius 2 is 2.00 bits per heavy atom. The molecule has 0 aliphatic carbocycles. The van der Waals surface area contributed by atoms with Crippen LogP contribution in [0.5, 0.6) is 5.75 Å². The molecular formula is C17H15BrN2O4. The Balaban J connectivity index is 1.70. The van der Waals surface area contributed by atoms with Crippen LogP contribution in [0.25, 0.3) is 0 Å². The van der Waals surface area contributed by atoms with Gasteiger partial charge in [-0.2, -0.15) is 0 Å². The molecule has 1 heterocycles. The summed E-state index contributed by atoms with van der Waals surface area (Å²) >= 11 is 3.36. The van der Waals surface area contributed by atoms with Crippen molar-refractivity contribution in [2.75, 3.05) is 30.5 Å². The third-order valence-corrected chi connectivity index (χ3v) is 4.23. The standard InChI is InChI=1S/C17H15BrN2O4/c1-23-15-7-2-11(10-14(15)18)16(21)19-12-3-5-13(6-4-12)20-8-9-24-17(20)22/h2-7,10H,8-9H2,1H3,(H,19,21). The summed E-state index contributed by atoms with van der Waals surface area (Å²) in [6.07, 6.45) is -0.352. The molecule has 1 aliphatic rings. The Hall–Kier alpha value is -2.54. The van der Waals surface area contributed by atoms with Crippen LogP contribution in [0, 0.1) is 0 Å². The fourth-order valence-corrected chi connectivity index (χ4v) is 2.90. The molecule has 7 heteroatoms. The lowest BCUT2D eigenvalue weighted by molar-refractivity contribution is 0.102. The number of carbonyl (C=O) groups is 2. The highest BCUT2D eigenvalue weighted by Gasteiger charge is 2.23. The zero-order chi connectivity index (χ0) is 17.1. The number of amides is 2. The molecule has 2 aromatic rings. The SMILES string of the molecule is COc1ccc(C(=O)Nc2ccc(N3CCOC3=O)cc2)cc1Br. The topological polar surface area (TPSA) is 67.9 Å². The molecule has 1 saturated heterocycles. The first kappa shape index (κ1) is 16.3. The third kappa shape index (κ3) is 3.35. The number of hydrogen-bond acceptors (Lipinski definition) is 4. The molecule has 3 rings (SSSR count). The van der Waals surface area contributed by atoms with Crippen molar-refractivity contribution in [3.8, 4) is 5.75 Å². The Labute approximate surface area is 147 Å². The Morgan fingerprint density at radius 1 is 1.25 bits per heavy atom. The minimum absolute atomic E-state index is 0.230. The van der Waals surface area contributed by atoms with Crippen LogP contribution < -0.4 is 15.0 Å². The number of halogens is 1. The minimum Gasteiger partial charge on any atom is -0.496 e. The van der Waals surface area contributed by atoms with Crippen LogP contribution in [0.2, 0.25) is 0 Å². The van der Waals surface area contributed by atoms with Gasteiger partial charge in [-0.3, -0.25) is 9.69 Å². The summed E-state index contributed by atoms with van der Waals surface area (Å²) in [6.45, 7) is 0.925. The van der Waals surface area contributed by atoms with Crippen LogP contribution in [0.4, 0.5) is 16.2 Å². The van der Waals surface area contributed by atoms with Crippen molar-refractivity contribution in [2.45, 2.75) is 0 Å². The summed E-state index contributed by atoms with van der Waals surface area (Å²) in [7, 11) is 1.57. The fourth-order valence-electron chi connectivity index (χ4n) is 2.36. The van der Waals surface area contributed by atoms with Gasteiger partial charge in [-0.05, 0) is 58.4 Å². The van der Waals surface area contributed by atoms with Gasteiger partial charge in [-0.25, -0.2) is 4.79 Å². The maximum absolute atomic E-state index is 12.3. The zero-order valence-corrected chi connectivity index (χ0v) is 14.5. The van der Waals surface area contributed by atoms with E-state index in [0.29, 0.717) is 34.6 Å². The monoisotopic (exact) mass is 390 g/mol. The van der Waals surface area contributed by atoms with E-state index in [1.54, 1.807) is 54.5 Å². The van der Waals surface area contributed by atoms with Crippen LogP contribution in [0.15, 0.2) is 46.9 Å². The lowest BCUT2D eigenvalue weighted by Gasteiger charge is -2.13. The summed E-state index contributed by atoms with van der Waals surface area (Å²) in [6, 6.07) is 12.1. The van der Waals surface area contributed by atoms with Crippen molar-refractivity contribution < 1.29 is 19.1 Å². The molecule has 24 heavy (non-hydrogen) atoms. The van der Waals surface area contributed by atoms with E-state index in [4.69, 9.17) is 9.47 Å². The second kappa shape index (κ2) is 6.92. The largest absolute Gasteiger partial charge is 0.496 e. The predicted molar refractivity (Wildman–Crippen MR) is 93.8 cm³/mol. The van der Waals surface area contributed by atoms with E-state index in [1.807, 2.05) is 0 Å². The molecule has 0 bridgehead atoms. The molecule has 2 aromatic carbocycles. The highest BCUT2D eigenvalue weighted by atomic mass is 79.9. The maximum Gasteiger partial charge on any atom is 0.414 e. The smallest absolute Gasteiger partial charge is 0.414 e. The van der Waals surface area contributed by atoms with E-state index < -0.39 is 0 Å². The predicted octanol–water partition coefficient (Wildman–Crippen LogP) is 3.67. The molecule has 1 fully saturated rings. The first-order valence-electron chi connectivity index (χ1n) is 7.28. The van der Waals surface area contributed by atoms with Gasteiger partial charge in [0.25, 0.3) is 5.91 Å². The van der Waals surface area contributed by atoms with Crippen LogP contribution in [0.1, 0.15) is 10.4 Å². The van der Waals surface area contributed by atoms with Gasteiger partial charge >= 0.3 is 6.09 Å². The number of anilines is 2. The van der Waals surface area contributed by atoms with E-state index in [0.717, 1.165) is 5.69 Å². The van der Waals surface area contributed by atoms with Gasteiger partial charge in [0, 0.05) is 16.9 Å². The molecule has 0 aromatic heterocycles. The quantitative estimate of drug-likeness (QED) is 0.864. The first-order valence-corrected chi connectivity index (χ1v) is 8.07. The summed E-state index contributed by atoms with van der Waals surface area (Å²) in [4.78, 5) is 25.4. The van der Waals surface area contributed by atoms with Gasteiger partial charge in [0.15, 0.2) is 0 Å². The van der Waals surface area contributed by atoms with Gasteiger partial charge in [0.2, 0.25) is 0 Å². The molecule has 0 saturated carbocycles. The molecule has 1 aliphatic heterocycles. The van der Waals surface area contributed by atoms with Crippen molar-refractivity contribution in [1.29, 1.82) is 0 Å². The summed E-state index contributed by atoms with van der Waals surface area (Å²) in [5.74, 6) is 0.431. The van der Waals surface area contributed by atoms with Gasteiger partial charge in [-0.1, -0.05) is 0 Å². The Morgan fingerprint density at radius 3 is 2.58 bits per heavy atom. The van der Waals surface area contributed by atoms with Crippen LogP contribution in [0.3, 0.4) is 0 Å². The second-order valence-corrected chi connectivity index (χ2v) is 5.97. The normalized spacial score (nSPS) is 13.6. The molecule has 0 spiro atoms. The van der Waals surface area contributed by atoms with E-state index in [9.17, 15) is 9.59 Å². The minimum atomic E-state index is -0.352. The number of rotatable bonds is 4. The van der Waals surface area contributed by atoms with Crippen molar-refractivity contribution >= 4 is 39.3 Å². The van der Waals surface area contributed by atoms with Crippen LogP contribution in [-0.2, 0) is 4.74 Å². The molecule has 1 N–H and O–H groups in total. The fraction of sp³-hybridized carbons (Fsp3) is 0.176. The average molecular weight is 391 g/mol. The summed E-state index contributed by atoms with van der Waals surface area (Å²) in [5, 5.41) is 2.82. The molecule has 0 unspecified atom stereocenters. The molecule has 0 atom stereocenters. The average Bonchev–Trinajstić information content (AvgIpc) is 3.01. The maximum atomic E-state index is 12.3. The van der Waals surface area contributed by atoms with Crippen molar-refractivity contribution in [1.82, 2.24) is 0 Å². The molecule has 0 radical (unpaired) electrons. The lowest BCUT2D eigenvalue weighted by atomic mass is 10.2. The number of cyclic esters (lactones) is 1. The third-order valence-electron chi connectivity index (χ3n) is 3.61. The van der Waals surface area contributed by atoms with Crippen LogP contribution >= 0.6 is 15.9 Å². The molecule has 6 nitrogen and oxygen atoms in total. The number of ether oxygens (including phenoxy) is 2. The Kier molecular flexibility index (Phi) is 4.71. The van der Waals surface area contributed by atoms with E-state index >= 15 is 0 Å². The zero-order valence-electron chi connectivity index (χ0n) is 12.9.